The zero-order chi connectivity index (χ0) is 11.7. The summed E-state index contributed by atoms with van der Waals surface area (Å²) in [5.74, 6) is 0. The topological polar surface area (TPSA) is 21.3 Å². The van der Waals surface area contributed by atoms with E-state index in [9.17, 15) is 0 Å². The molecule has 3 heteroatoms. The van der Waals surface area contributed by atoms with Crippen LogP contribution in [0.1, 0.15) is 17.4 Å². The van der Waals surface area contributed by atoms with Crippen LogP contribution in [0.15, 0.2) is 53.0 Å². The number of halogens is 1. The van der Waals surface area contributed by atoms with Crippen molar-refractivity contribution in [1.29, 1.82) is 0 Å². The van der Waals surface area contributed by atoms with Gasteiger partial charge in [0.05, 0.1) is 6.61 Å². The average Bonchev–Trinajstić information content (AvgIpc) is 2.38. The summed E-state index contributed by atoms with van der Waals surface area (Å²) in [6.45, 7) is 0.653. The molecule has 17 heavy (non-hydrogen) atoms. The van der Waals surface area contributed by atoms with Crippen LogP contribution in [0.4, 0.5) is 5.69 Å². The van der Waals surface area contributed by atoms with Gasteiger partial charge in [-0.3, -0.25) is 0 Å². The lowest BCUT2D eigenvalue weighted by atomic mass is 10.1. The molecule has 1 atom stereocenters. The van der Waals surface area contributed by atoms with Crippen molar-refractivity contribution in [2.45, 2.75) is 12.8 Å². The van der Waals surface area contributed by atoms with E-state index in [0.29, 0.717) is 6.61 Å². The van der Waals surface area contributed by atoms with Gasteiger partial charge in [-0.15, -0.1) is 0 Å². The van der Waals surface area contributed by atoms with Crippen LogP contribution in [-0.4, -0.2) is 0 Å². The number of rotatable bonds is 1. The van der Waals surface area contributed by atoms with Crippen molar-refractivity contribution in [3.63, 3.8) is 0 Å². The zero-order valence-corrected chi connectivity index (χ0v) is 10.8. The van der Waals surface area contributed by atoms with Gasteiger partial charge in [-0.1, -0.05) is 46.3 Å². The number of hydrogen-bond donors (Lipinski definition) is 1. The second-order valence-electron chi connectivity index (χ2n) is 4.05. The molecule has 2 aromatic carbocycles. The summed E-state index contributed by atoms with van der Waals surface area (Å²) >= 11 is 3.48. The van der Waals surface area contributed by atoms with Gasteiger partial charge in [-0.2, -0.15) is 0 Å². The van der Waals surface area contributed by atoms with Crippen LogP contribution in [0.3, 0.4) is 0 Å². The van der Waals surface area contributed by atoms with Crippen molar-refractivity contribution in [1.82, 2.24) is 0 Å². The normalized spacial score (nSPS) is 18.3. The van der Waals surface area contributed by atoms with Crippen LogP contribution >= 0.6 is 15.9 Å². The molecular weight excluding hydrogens is 278 g/mol. The Morgan fingerprint density at radius 2 is 2.00 bits per heavy atom. The molecule has 0 saturated carbocycles. The highest BCUT2D eigenvalue weighted by atomic mass is 79.9. The fraction of sp³-hybridized carbons (Fsp3) is 0.143. The molecular formula is C14H12BrNO. The van der Waals surface area contributed by atoms with Crippen molar-refractivity contribution in [3.05, 3.63) is 64.1 Å². The molecule has 0 saturated heterocycles. The zero-order valence-electron chi connectivity index (χ0n) is 9.19. The highest BCUT2D eigenvalue weighted by molar-refractivity contribution is 9.10. The fourth-order valence-electron chi connectivity index (χ4n) is 1.99. The summed E-state index contributed by atoms with van der Waals surface area (Å²) in [6.07, 6.45) is -0.0672. The third-order valence-corrected chi connectivity index (χ3v) is 3.35. The van der Waals surface area contributed by atoms with Crippen LogP contribution in [0.5, 0.6) is 0 Å². The molecule has 0 bridgehead atoms. The molecule has 0 aliphatic carbocycles. The maximum absolute atomic E-state index is 5.81. The van der Waals surface area contributed by atoms with Crippen LogP contribution in [-0.2, 0) is 11.3 Å². The van der Waals surface area contributed by atoms with Crippen molar-refractivity contribution in [2.24, 2.45) is 0 Å². The molecule has 0 fully saturated rings. The summed E-state index contributed by atoms with van der Waals surface area (Å²) in [7, 11) is 0. The van der Waals surface area contributed by atoms with Crippen molar-refractivity contribution in [3.8, 4) is 0 Å². The Morgan fingerprint density at radius 3 is 2.88 bits per heavy atom. The van der Waals surface area contributed by atoms with E-state index in [2.05, 4.69) is 45.5 Å². The monoisotopic (exact) mass is 289 g/mol. The first-order valence-corrected chi connectivity index (χ1v) is 6.34. The summed E-state index contributed by atoms with van der Waals surface area (Å²) < 4.78 is 6.88. The van der Waals surface area contributed by atoms with Crippen LogP contribution in [0.25, 0.3) is 0 Å². The first kappa shape index (κ1) is 10.8. The number of para-hydroxylation sites is 1. The lowest BCUT2D eigenvalue weighted by Gasteiger charge is -2.27. The van der Waals surface area contributed by atoms with Gasteiger partial charge in [0.2, 0.25) is 0 Å². The van der Waals surface area contributed by atoms with Crippen LogP contribution < -0.4 is 5.32 Å². The van der Waals surface area contributed by atoms with E-state index in [1.54, 1.807) is 0 Å². The molecule has 2 nitrogen and oxygen atoms in total. The second-order valence-corrected chi connectivity index (χ2v) is 4.96. The molecule has 1 aliphatic rings. The van der Waals surface area contributed by atoms with E-state index < -0.39 is 0 Å². The third-order valence-electron chi connectivity index (χ3n) is 2.86. The number of nitrogens with one attached hydrogen (secondary N) is 1. The van der Waals surface area contributed by atoms with Gasteiger partial charge in [0, 0.05) is 21.3 Å². The number of hydrogen-bond acceptors (Lipinski definition) is 2. The maximum atomic E-state index is 5.81. The SMILES string of the molecule is Brc1cccc([C@@H]2Nc3ccccc3CO2)c1. The standard InChI is InChI=1S/C14H12BrNO/c15-12-6-3-5-10(8-12)14-16-13-7-2-1-4-11(13)9-17-14/h1-8,14,16H,9H2/t14-/m1/s1. The van der Waals surface area contributed by atoms with Gasteiger partial charge in [0.25, 0.3) is 0 Å². The Morgan fingerprint density at radius 1 is 1.12 bits per heavy atom. The predicted molar refractivity (Wildman–Crippen MR) is 71.7 cm³/mol. The number of ether oxygens (including phenoxy) is 1. The minimum Gasteiger partial charge on any atom is -0.356 e. The van der Waals surface area contributed by atoms with Crippen molar-refractivity contribution < 1.29 is 4.74 Å². The smallest absolute Gasteiger partial charge is 0.154 e. The fourth-order valence-corrected chi connectivity index (χ4v) is 2.41. The van der Waals surface area contributed by atoms with E-state index in [1.165, 1.54) is 5.56 Å². The quantitative estimate of drug-likeness (QED) is 0.854. The molecule has 2 aromatic rings. The summed E-state index contributed by atoms with van der Waals surface area (Å²) in [5, 5.41) is 3.40. The van der Waals surface area contributed by atoms with Crippen LogP contribution in [0, 0.1) is 0 Å². The van der Waals surface area contributed by atoms with E-state index in [4.69, 9.17) is 4.74 Å². The highest BCUT2D eigenvalue weighted by Crippen LogP contribution is 2.31. The van der Waals surface area contributed by atoms with Gasteiger partial charge in [-0.05, 0) is 18.2 Å². The van der Waals surface area contributed by atoms with Gasteiger partial charge in [0.15, 0.2) is 6.23 Å². The third kappa shape index (κ3) is 2.21. The molecule has 0 unspecified atom stereocenters. The minimum atomic E-state index is -0.0672. The highest BCUT2D eigenvalue weighted by Gasteiger charge is 2.18. The Kier molecular flexibility index (Phi) is 2.87. The molecule has 0 aromatic heterocycles. The first-order valence-electron chi connectivity index (χ1n) is 5.54. The van der Waals surface area contributed by atoms with Gasteiger partial charge >= 0.3 is 0 Å². The van der Waals surface area contributed by atoms with E-state index in [-0.39, 0.29) is 6.23 Å². The predicted octanol–water partition coefficient (Wildman–Crippen LogP) is 4.09. The van der Waals surface area contributed by atoms with E-state index >= 15 is 0 Å². The Hall–Kier alpha value is -1.32. The second kappa shape index (κ2) is 4.51. The molecule has 86 valence electrons. The molecule has 1 aliphatic heterocycles. The van der Waals surface area contributed by atoms with Crippen LogP contribution in [0.2, 0.25) is 0 Å². The Balaban J connectivity index is 1.89. The lowest BCUT2D eigenvalue weighted by molar-refractivity contribution is 0.0507. The molecule has 0 spiro atoms. The summed E-state index contributed by atoms with van der Waals surface area (Å²) in [4.78, 5) is 0. The summed E-state index contributed by atoms with van der Waals surface area (Å²) in [6, 6.07) is 16.4. The largest absolute Gasteiger partial charge is 0.356 e. The number of anilines is 1. The number of fused-ring (bicyclic) bond motifs is 1. The molecule has 3 rings (SSSR count). The summed E-state index contributed by atoms with van der Waals surface area (Å²) in [5.41, 5.74) is 3.50. The molecule has 0 amide bonds. The lowest BCUT2D eigenvalue weighted by Crippen LogP contribution is -2.20. The van der Waals surface area contributed by atoms with Crippen molar-refractivity contribution in [2.75, 3.05) is 5.32 Å². The number of benzene rings is 2. The maximum Gasteiger partial charge on any atom is 0.154 e. The average molecular weight is 290 g/mol. The Bertz CT molecular complexity index is 541. The molecule has 1 N–H and O–H groups in total. The molecule has 1 heterocycles. The van der Waals surface area contributed by atoms with Crippen molar-refractivity contribution >= 4 is 21.6 Å². The van der Waals surface area contributed by atoms with Gasteiger partial charge < -0.3 is 10.1 Å². The van der Waals surface area contributed by atoms with E-state index in [0.717, 1.165) is 15.7 Å². The minimum absolute atomic E-state index is 0.0672. The molecule has 0 radical (unpaired) electrons. The van der Waals surface area contributed by atoms with Gasteiger partial charge in [-0.25, -0.2) is 0 Å². The Labute approximate surface area is 109 Å². The van der Waals surface area contributed by atoms with Gasteiger partial charge in [0.1, 0.15) is 0 Å². The first-order chi connectivity index (χ1) is 8.33. The van der Waals surface area contributed by atoms with E-state index in [1.807, 2.05) is 24.3 Å².